The number of amides is 2. The van der Waals surface area contributed by atoms with Crippen molar-refractivity contribution in [2.24, 2.45) is 5.92 Å². The van der Waals surface area contributed by atoms with Gasteiger partial charge in [0.1, 0.15) is 11.5 Å². The second-order valence-electron chi connectivity index (χ2n) is 5.52. The highest BCUT2D eigenvalue weighted by atomic mass is 19.1. The average Bonchev–Trinajstić information content (AvgIpc) is 3.02. The molecule has 23 heavy (non-hydrogen) atoms. The second-order valence-corrected chi connectivity index (χ2v) is 5.52. The third-order valence-corrected chi connectivity index (χ3v) is 3.87. The van der Waals surface area contributed by atoms with Crippen LogP contribution in [0, 0.1) is 23.4 Å². The molecule has 1 unspecified atom stereocenters. The molecular weight excluding hydrogens is 313 g/mol. The molecule has 2 amide bonds. The van der Waals surface area contributed by atoms with E-state index in [0.29, 0.717) is 12.1 Å². The molecule has 1 fully saturated rings. The predicted octanol–water partition coefficient (Wildman–Crippen LogP) is 1.71. The molecule has 1 aromatic carbocycles. The van der Waals surface area contributed by atoms with Crippen molar-refractivity contribution in [3.63, 3.8) is 0 Å². The number of aliphatic hydroxyl groups is 1. The van der Waals surface area contributed by atoms with Crippen LogP contribution in [0.3, 0.4) is 0 Å². The molecule has 3 N–H and O–H groups in total. The van der Waals surface area contributed by atoms with Gasteiger partial charge in [-0.15, -0.1) is 0 Å². The minimum atomic E-state index is -1.32. The van der Waals surface area contributed by atoms with E-state index in [9.17, 15) is 27.9 Å². The Morgan fingerprint density at radius 3 is 2.26 bits per heavy atom. The number of anilines is 1. The smallest absolute Gasteiger partial charge is 0.313 e. The Bertz CT molecular complexity index is 581. The predicted molar refractivity (Wildman–Crippen MR) is 75.9 cm³/mol. The summed E-state index contributed by atoms with van der Waals surface area (Å²) in [6.07, 6.45) is 2.97. The first kappa shape index (κ1) is 17.3. The van der Waals surface area contributed by atoms with Crippen molar-refractivity contribution in [1.29, 1.82) is 0 Å². The van der Waals surface area contributed by atoms with Crippen molar-refractivity contribution in [3.8, 4) is 0 Å². The number of benzene rings is 1. The number of carbonyl (C=O) groups is 2. The third kappa shape index (κ3) is 4.44. The molecule has 1 saturated carbocycles. The van der Waals surface area contributed by atoms with E-state index in [4.69, 9.17) is 0 Å². The highest BCUT2D eigenvalue weighted by Gasteiger charge is 2.25. The van der Waals surface area contributed by atoms with Crippen molar-refractivity contribution < 1.29 is 27.9 Å². The molecule has 8 heteroatoms. The van der Waals surface area contributed by atoms with Crippen LogP contribution in [0.15, 0.2) is 12.1 Å². The number of carbonyl (C=O) groups excluding carboxylic acids is 2. The van der Waals surface area contributed by atoms with Gasteiger partial charge >= 0.3 is 11.8 Å². The van der Waals surface area contributed by atoms with Crippen molar-refractivity contribution in [3.05, 3.63) is 29.6 Å². The van der Waals surface area contributed by atoms with Crippen LogP contribution in [0.4, 0.5) is 18.9 Å². The van der Waals surface area contributed by atoms with Gasteiger partial charge < -0.3 is 15.7 Å². The lowest BCUT2D eigenvalue weighted by Crippen LogP contribution is -2.41. The summed E-state index contributed by atoms with van der Waals surface area (Å²) in [5.74, 6) is -6.14. The van der Waals surface area contributed by atoms with E-state index >= 15 is 0 Å². The molecular formula is C15H17F3N2O3. The van der Waals surface area contributed by atoms with Crippen LogP contribution < -0.4 is 10.6 Å². The topological polar surface area (TPSA) is 78.4 Å². The fourth-order valence-electron chi connectivity index (χ4n) is 2.62. The zero-order valence-corrected chi connectivity index (χ0v) is 12.2. The Morgan fingerprint density at radius 1 is 1.13 bits per heavy atom. The number of halogens is 3. The number of aliphatic hydroxyl groups excluding tert-OH is 1. The molecule has 0 radical (unpaired) electrons. The van der Waals surface area contributed by atoms with Crippen molar-refractivity contribution >= 4 is 17.5 Å². The summed E-state index contributed by atoms with van der Waals surface area (Å²) in [5.41, 5.74) is -0.900. The standard InChI is InChI=1S/C15H17F3N2O3/c16-9-5-10(17)13(11(18)6-9)20-15(23)14(22)19-7-12(21)8-3-1-2-4-8/h5-6,8,12,21H,1-4,7H2,(H,19,22)(H,20,23). The van der Waals surface area contributed by atoms with Gasteiger partial charge in [-0.2, -0.15) is 0 Å². The number of hydrogen-bond donors (Lipinski definition) is 3. The summed E-state index contributed by atoms with van der Waals surface area (Å²) in [4.78, 5) is 23.2. The van der Waals surface area contributed by atoms with Crippen molar-refractivity contribution in [2.75, 3.05) is 11.9 Å². The van der Waals surface area contributed by atoms with Gasteiger partial charge in [-0.25, -0.2) is 13.2 Å². The molecule has 1 aromatic rings. The van der Waals surface area contributed by atoms with E-state index in [-0.39, 0.29) is 12.5 Å². The first-order valence-corrected chi connectivity index (χ1v) is 7.30. The molecule has 0 bridgehead atoms. The third-order valence-electron chi connectivity index (χ3n) is 3.87. The lowest BCUT2D eigenvalue weighted by molar-refractivity contribution is -0.136. The van der Waals surface area contributed by atoms with Gasteiger partial charge in [0.15, 0.2) is 11.6 Å². The van der Waals surface area contributed by atoms with Gasteiger partial charge in [0.2, 0.25) is 0 Å². The molecule has 1 aliphatic carbocycles. The zero-order chi connectivity index (χ0) is 17.0. The summed E-state index contributed by atoms with van der Waals surface area (Å²) in [6.45, 7) is -0.120. The first-order chi connectivity index (χ1) is 10.9. The van der Waals surface area contributed by atoms with E-state index in [1.807, 2.05) is 0 Å². The maximum Gasteiger partial charge on any atom is 0.313 e. The van der Waals surface area contributed by atoms with Gasteiger partial charge in [-0.3, -0.25) is 9.59 Å². The Kier molecular flexibility index (Phi) is 5.59. The van der Waals surface area contributed by atoms with E-state index in [0.717, 1.165) is 25.7 Å². The highest BCUT2D eigenvalue weighted by Crippen LogP contribution is 2.27. The van der Waals surface area contributed by atoms with Crippen molar-refractivity contribution in [1.82, 2.24) is 5.32 Å². The van der Waals surface area contributed by atoms with Crippen LogP contribution in [0.25, 0.3) is 0 Å². The summed E-state index contributed by atoms with van der Waals surface area (Å²) in [5, 5.41) is 13.8. The van der Waals surface area contributed by atoms with Crippen LogP contribution in [0.5, 0.6) is 0 Å². The molecule has 1 atom stereocenters. The van der Waals surface area contributed by atoms with E-state index < -0.39 is 41.1 Å². The lowest BCUT2D eigenvalue weighted by Gasteiger charge is -2.17. The molecule has 0 aliphatic heterocycles. The monoisotopic (exact) mass is 330 g/mol. The minimum Gasteiger partial charge on any atom is -0.391 e. The molecule has 5 nitrogen and oxygen atoms in total. The molecule has 0 spiro atoms. The molecule has 0 aromatic heterocycles. The van der Waals surface area contributed by atoms with E-state index in [2.05, 4.69) is 5.32 Å². The number of nitrogens with one attached hydrogen (secondary N) is 2. The Balaban J connectivity index is 1.89. The molecule has 0 saturated heterocycles. The summed E-state index contributed by atoms with van der Waals surface area (Å²) >= 11 is 0. The van der Waals surface area contributed by atoms with E-state index in [1.54, 1.807) is 5.32 Å². The van der Waals surface area contributed by atoms with Gasteiger partial charge in [-0.05, 0) is 18.8 Å². The average molecular weight is 330 g/mol. The largest absolute Gasteiger partial charge is 0.391 e. The lowest BCUT2D eigenvalue weighted by atomic mass is 10.0. The highest BCUT2D eigenvalue weighted by molar-refractivity contribution is 6.39. The summed E-state index contributed by atoms with van der Waals surface area (Å²) in [7, 11) is 0. The van der Waals surface area contributed by atoms with Crippen LogP contribution >= 0.6 is 0 Å². The molecule has 2 rings (SSSR count). The van der Waals surface area contributed by atoms with Crippen LogP contribution in [0.1, 0.15) is 25.7 Å². The second kappa shape index (κ2) is 7.45. The molecule has 0 heterocycles. The Labute approximate surface area is 130 Å². The molecule has 126 valence electrons. The van der Waals surface area contributed by atoms with Crippen LogP contribution in [-0.4, -0.2) is 29.6 Å². The normalized spacial score (nSPS) is 16.2. The summed E-state index contributed by atoms with van der Waals surface area (Å²) in [6, 6.07) is 0.779. The Morgan fingerprint density at radius 2 is 1.70 bits per heavy atom. The minimum absolute atomic E-state index is 0.0744. The molecule has 1 aliphatic rings. The van der Waals surface area contributed by atoms with Crippen molar-refractivity contribution in [2.45, 2.75) is 31.8 Å². The maximum atomic E-state index is 13.4. The fourth-order valence-corrected chi connectivity index (χ4v) is 2.62. The maximum absolute atomic E-state index is 13.4. The quantitative estimate of drug-likeness (QED) is 0.736. The number of rotatable bonds is 4. The van der Waals surface area contributed by atoms with Crippen LogP contribution in [0.2, 0.25) is 0 Å². The zero-order valence-electron chi connectivity index (χ0n) is 12.2. The first-order valence-electron chi connectivity index (χ1n) is 7.30. The fraction of sp³-hybridized carbons (Fsp3) is 0.467. The SMILES string of the molecule is O=C(NCC(O)C1CCCC1)C(=O)Nc1c(F)cc(F)cc1F. The Hall–Kier alpha value is -2.09. The van der Waals surface area contributed by atoms with Gasteiger partial charge in [0.05, 0.1) is 6.10 Å². The van der Waals surface area contributed by atoms with Gasteiger partial charge in [0.25, 0.3) is 0 Å². The van der Waals surface area contributed by atoms with Crippen LogP contribution in [-0.2, 0) is 9.59 Å². The van der Waals surface area contributed by atoms with Gasteiger partial charge in [0, 0.05) is 18.7 Å². The van der Waals surface area contributed by atoms with E-state index in [1.165, 1.54) is 0 Å². The van der Waals surface area contributed by atoms with Gasteiger partial charge in [-0.1, -0.05) is 12.8 Å². The number of hydrogen-bond acceptors (Lipinski definition) is 3. The summed E-state index contributed by atoms with van der Waals surface area (Å²) < 4.78 is 39.5.